The molecule has 0 fully saturated rings. The van der Waals surface area contributed by atoms with Crippen LogP contribution in [0.1, 0.15) is 27.0 Å². The molecule has 1 N–H and O–H groups in total. The molecule has 0 bridgehead atoms. The molecule has 1 aromatic rings. The molecule has 0 unspecified atom stereocenters. The fourth-order valence-electron chi connectivity index (χ4n) is 1.40. The molecule has 7 heteroatoms. The van der Waals surface area contributed by atoms with Gasteiger partial charge in [-0.1, -0.05) is 0 Å². The van der Waals surface area contributed by atoms with Gasteiger partial charge in [-0.3, -0.25) is 0 Å². The highest BCUT2D eigenvalue weighted by Crippen LogP contribution is 2.36. The molecule has 0 aliphatic carbocycles. The summed E-state index contributed by atoms with van der Waals surface area (Å²) < 4.78 is 38.2. The molecule has 0 saturated carbocycles. The van der Waals surface area contributed by atoms with Crippen LogP contribution in [0.25, 0.3) is 0 Å². The van der Waals surface area contributed by atoms with E-state index >= 15 is 0 Å². The van der Waals surface area contributed by atoms with E-state index in [9.17, 15) is 18.0 Å². The Bertz CT molecular complexity index is 505. The second-order valence-corrected chi connectivity index (χ2v) is 3.33. The van der Waals surface area contributed by atoms with E-state index in [0.29, 0.717) is 0 Å². The summed E-state index contributed by atoms with van der Waals surface area (Å²) in [6.45, 7) is 0. The summed E-state index contributed by atoms with van der Waals surface area (Å²) in [4.78, 5) is 10.8. The van der Waals surface area contributed by atoms with E-state index in [1.54, 1.807) is 0 Å². The van der Waals surface area contributed by atoms with Crippen molar-refractivity contribution < 1.29 is 23.1 Å². The van der Waals surface area contributed by atoms with Crippen molar-refractivity contribution >= 4 is 17.6 Å². The number of nitrogens with zero attached hydrogens (tertiary/aromatic N) is 1. The molecule has 1 rings (SSSR count). The van der Waals surface area contributed by atoms with Crippen molar-refractivity contribution in [2.45, 2.75) is 12.1 Å². The molecular formula is C10H5ClF3NO2. The molecule has 0 aliphatic heterocycles. The topological polar surface area (TPSA) is 61.1 Å². The van der Waals surface area contributed by atoms with Gasteiger partial charge in [0.25, 0.3) is 0 Å². The first-order valence-corrected chi connectivity index (χ1v) is 4.78. The second kappa shape index (κ2) is 4.63. The fraction of sp³-hybridized carbons (Fsp3) is 0.200. The van der Waals surface area contributed by atoms with Crippen molar-refractivity contribution in [2.75, 3.05) is 0 Å². The van der Waals surface area contributed by atoms with Gasteiger partial charge >= 0.3 is 12.1 Å². The van der Waals surface area contributed by atoms with Gasteiger partial charge in [-0.25, -0.2) is 4.79 Å². The van der Waals surface area contributed by atoms with E-state index in [2.05, 4.69) is 0 Å². The number of rotatable bonds is 2. The summed E-state index contributed by atoms with van der Waals surface area (Å²) in [7, 11) is 0. The minimum absolute atomic E-state index is 0.550. The number of alkyl halides is 4. The quantitative estimate of drug-likeness (QED) is 0.834. The van der Waals surface area contributed by atoms with Crippen LogP contribution in [0, 0.1) is 11.3 Å². The summed E-state index contributed by atoms with van der Waals surface area (Å²) in [5, 5.41) is 17.3. The first-order valence-electron chi connectivity index (χ1n) is 4.25. The molecule has 3 nitrogen and oxygen atoms in total. The zero-order chi connectivity index (χ0) is 13.2. The number of aromatic carboxylic acids is 1. The van der Waals surface area contributed by atoms with E-state index < -0.39 is 40.3 Å². The highest BCUT2D eigenvalue weighted by atomic mass is 35.5. The van der Waals surface area contributed by atoms with Gasteiger partial charge in [0.1, 0.15) is 0 Å². The van der Waals surface area contributed by atoms with Crippen LogP contribution in [0.3, 0.4) is 0 Å². The van der Waals surface area contributed by atoms with Crippen molar-refractivity contribution in [3.8, 4) is 6.07 Å². The standard InChI is InChI=1S/C10H5ClF3NO2/c11-3-7-6(9(16)17)2-1-5(4-15)8(7)10(12,13)14/h1-2H,3H2,(H,16,17). The monoisotopic (exact) mass is 263 g/mol. The Morgan fingerprint density at radius 2 is 2.06 bits per heavy atom. The highest BCUT2D eigenvalue weighted by Gasteiger charge is 2.37. The van der Waals surface area contributed by atoms with Crippen LogP contribution in [0.5, 0.6) is 0 Å². The Morgan fingerprint density at radius 1 is 1.47 bits per heavy atom. The number of hydrogen-bond acceptors (Lipinski definition) is 2. The van der Waals surface area contributed by atoms with Crippen LogP contribution >= 0.6 is 11.6 Å². The van der Waals surface area contributed by atoms with Crippen LogP contribution < -0.4 is 0 Å². The molecule has 0 amide bonds. The lowest BCUT2D eigenvalue weighted by Crippen LogP contribution is -2.15. The molecule has 90 valence electrons. The zero-order valence-electron chi connectivity index (χ0n) is 8.18. The van der Waals surface area contributed by atoms with Gasteiger partial charge in [-0.2, -0.15) is 18.4 Å². The van der Waals surface area contributed by atoms with E-state index in [1.807, 2.05) is 0 Å². The first-order chi connectivity index (χ1) is 7.82. The van der Waals surface area contributed by atoms with Crippen LogP contribution in [-0.4, -0.2) is 11.1 Å². The Balaban J connectivity index is 3.68. The van der Waals surface area contributed by atoms with Gasteiger partial charge in [0.2, 0.25) is 0 Å². The summed E-state index contributed by atoms with van der Waals surface area (Å²) in [6.07, 6.45) is -4.82. The number of hydrogen-bond donors (Lipinski definition) is 1. The maximum absolute atomic E-state index is 12.7. The summed E-state index contributed by atoms with van der Waals surface area (Å²) in [5.74, 6) is -2.15. The lowest BCUT2D eigenvalue weighted by atomic mass is 9.97. The smallest absolute Gasteiger partial charge is 0.418 e. The first kappa shape index (κ1) is 13.3. The third-order valence-electron chi connectivity index (χ3n) is 2.08. The average molecular weight is 264 g/mol. The van der Waals surface area contributed by atoms with Gasteiger partial charge < -0.3 is 5.11 Å². The summed E-state index contributed by atoms with van der Waals surface area (Å²) >= 11 is 5.34. The number of carbonyl (C=O) groups is 1. The summed E-state index contributed by atoms with van der Waals surface area (Å²) in [6, 6.07) is 3.13. The van der Waals surface area contributed by atoms with Gasteiger partial charge in [0.15, 0.2) is 0 Å². The van der Waals surface area contributed by atoms with E-state index in [0.717, 1.165) is 12.1 Å². The lowest BCUT2D eigenvalue weighted by molar-refractivity contribution is -0.138. The van der Waals surface area contributed by atoms with Crippen molar-refractivity contribution in [3.05, 3.63) is 34.4 Å². The second-order valence-electron chi connectivity index (χ2n) is 3.06. The number of benzene rings is 1. The van der Waals surface area contributed by atoms with Crippen molar-refractivity contribution in [1.29, 1.82) is 5.26 Å². The molecule has 0 aliphatic rings. The van der Waals surface area contributed by atoms with E-state index in [-0.39, 0.29) is 0 Å². The van der Waals surface area contributed by atoms with Gasteiger partial charge in [-0.15, -0.1) is 11.6 Å². The van der Waals surface area contributed by atoms with Gasteiger partial charge in [-0.05, 0) is 17.7 Å². The van der Waals surface area contributed by atoms with Gasteiger partial charge in [0.05, 0.1) is 22.8 Å². The molecule has 0 spiro atoms. The Labute approximate surface area is 99.0 Å². The number of carboxylic acids is 1. The third-order valence-corrected chi connectivity index (χ3v) is 2.35. The average Bonchev–Trinajstić information content (AvgIpc) is 2.25. The lowest BCUT2D eigenvalue weighted by Gasteiger charge is -2.14. The summed E-state index contributed by atoms with van der Waals surface area (Å²) in [5.41, 5.74) is -3.06. The predicted octanol–water partition coefficient (Wildman–Crippen LogP) is 3.01. The molecule has 0 atom stereocenters. The van der Waals surface area contributed by atoms with Crippen LogP contribution in [0.4, 0.5) is 13.2 Å². The molecule has 0 aromatic heterocycles. The molecule has 0 radical (unpaired) electrons. The maximum atomic E-state index is 12.7. The number of carboxylic acid groups (broad SMARTS) is 1. The van der Waals surface area contributed by atoms with Crippen LogP contribution in [-0.2, 0) is 12.1 Å². The fourth-order valence-corrected chi connectivity index (χ4v) is 1.68. The maximum Gasteiger partial charge on any atom is 0.418 e. The normalized spacial score (nSPS) is 11.0. The SMILES string of the molecule is N#Cc1ccc(C(=O)O)c(CCl)c1C(F)(F)F. The number of nitriles is 1. The minimum Gasteiger partial charge on any atom is -0.478 e. The van der Waals surface area contributed by atoms with E-state index in [1.165, 1.54) is 6.07 Å². The number of halogens is 4. The zero-order valence-corrected chi connectivity index (χ0v) is 8.93. The largest absolute Gasteiger partial charge is 0.478 e. The Kier molecular flexibility index (Phi) is 3.63. The van der Waals surface area contributed by atoms with Crippen molar-refractivity contribution in [1.82, 2.24) is 0 Å². The molecule has 1 aromatic carbocycles. The van der Waals surface area contributed by atoms with Crippen molar-refractivity contribution in [2.24, 2.45) is 0 Å². The Hall–Kier alpha value is -1.74. The van der Waals surface area contributed by atoms with E-state index in [4.69, 9.17) is 22.0 Å². The third kappa shape index (κ3) is 2.50. The minimum atomic E-state index is -4.82. The van der Waals surface area contributed by atoms with Crippen molar-refractivity contribution in [3.63, 3.8) is 0 Å². The molecule has 0 saturated heterocycles. The molecule has 17 heavy (non-hydrogen) atoms. The highest BCUT2D eigenvalue weighted by molar-refractivity contribution is 6.17. The molecule has 0 heterocycles. The van der Waals surface area contributed by atoms with Crippen LogP contribution in [0.15, 0.2) is 12.1 Å². The van der Waals surface area contributed by atoms with Gasteiger partial charge in [0, 0.05) is 5.88 Å². The Morgan fingerprint density at radius 3 is 2.41 bits per heavy atom. The predicted molar refractivity (Wildman–Crippen MR) is 52.7 cm³/mol. The van der Waals surface area contributed by atoms with Crippen LogP contribution in [0.2, 0.25) is 0 Å². The molecular weight excluding hydrogens is 259 g/mol.